The Balaban J connectivity index is 4.13. The molecule has 0 aromatic carbocycles. The monoisotopic (exact) mass is 1100 g/mol. The summed E-state index contributed by atoms with van der Waals surface area (Å²) in [5.41, 5.74) is 0. The molecule has 464 valence electrons. The number of carbonyl (C=O) groups excluding carboxylic acids is 3. The standard InChI is InChI=1S/C72H140O6/c1-4-7-10-13-16-19-22-25-28-30-31-32-33-34-35-36-37-38-39-40-41-42-45-47-50-53-56-59-62-65-71(74)77-68-69(67-76-70(73)64-61-58-55-52-49-46-43-27-24-21-18-15-12-9-6-3)78-72(75)66-63-60-57-54-51-48-44-29-26-23-20-17-14-11-8-5-2/h69H,4-68H2,1-3H3. The van der Waals surface area contributed by atoms with Gasteiger partial charge in [-0.25, -0.2) is 0 Å². The minimum atomic E-state index is -0.763. The Morgan fingerprint density at radius 1 is 0.205 bits per heavy atom. The second-order valence-electron chi connectivity index (χ2n) is 24.9. The van der Waals surface area contributed by atoms with Gasteiger partial charge >= 0.3 is 17.9 Å². The maximum Gasteiger partial charge on any atom is 0.306 e. The first kappa shape index (κ1) is 76.4. The van der Waals surface area contributed by atoms with Crippen LogP contribution in [-0.4, -0.2) is 37.2 Å². The average molecular weight is 1100 g/mol. The maximum atomic E-state index is 12.9. The summed E-state index contributed by atoms with van der Waals surface area (Å²) in [4.78, 5) is 38.4. The molecule has 78 heavy (non-hydrogen) atoms. The third kappa shape index (κ3) is 65.2. The van der Waals surface area contributed by atoms with E-state index in [0.717, 1.165) is 57.8 Å². The molecule has 1 atom stereocenters. The van der Waals surface area contributed by atoms with Gasteiger partial charge in [0.2, 0.25) is 0 Å². The number of esters is 3. The summed E-state index contributed by atoms with van der Waals surface area (Å²) in [6.07, 6.45) is 80.0. The number of ether oxygens (including phenoxy) is 3. The highest BCUT2D eigenvalue weighted by atomic mass is 16.6. The van der Waals surface area contributed by atoms with Crippen molar-refractivity contribution in [1.82, 2.24) is 0 Å². The number of hydrogen-bond donors (Lipinski definition) is 0. The zero-order valence-electron chi connectivity index (χ0n) is 53.5. The lowest BCUT2D eigenvalue weighted by Gasteiger charge is -2.18. The van der Waals surface area contributed by atoms with E-state index in [1.165, 1.54) is 327 Å². The highest BCUT2D eigenvalue weighted by molar-refractivity contribution is 5.71. The molecule has 0 spiro atoms. The van der Waals surface area contributed by atoms with Gasteiger partial charge in [0.1, 0.15) is 13.2 Å². The number of carbonyl (C=O) groups is 3. The molecule has 6 nitrogen and oxygen atoms in total. The molecule has 0 N–H and O–H groups in total. The van der Waals surface area contributed by atoms with E-state index in [2.05, 4.69) is 20.8 Å². The first-order valence-electron chi connectivity index (χ1n) is 36.0. The van der Waals surface area contributed by atoms with E-state index in [1.54, 1.807) is 0 Å². The zero-order chi connectivity index (χ0) is 56.4. The van der Waals surface area contributed by atoms with Gasteiger partial charge in [-0.05, 0) is 19.3 Å². The van der Waals surface area contributed by atoms with Crippen molar-refractivity contribution < 1.29 is 28.6 Å². The van der Waals surface area contributed by atoms with E-state index >= 15 is 0 Å². The largest absolute Gasteiger partial charge is 0.462 e. The molecule has 0 saturated carbocycles. The average Bonchev–Trinajstić information content (AvgIpc) is 3.44. The SMILES string of the molecule is CCCCCCCCCCCCCCCCCCCCCCCCCCCCCCCC(=O)OCC(COC(=O)CCCCCCCCCCCCCCCCC)OC(=O)CCCCCCCCCCCCCCCCCC. The van der Waals surface area contributed by atoms with Gasteiger partial charge in [-0.1, -0.05) is 387 Å². The summed E-state index contributed by atoms with van der Waals surface area (Å²) >= 11 is 0. The van der Waals surface area contributed by atoms with Gasteiger partial charge in [0, 0.05) is 19.3 Å². The second-order valence-corrected chi connectivity index (χ2v) is 24.9. The van der Waals surface area contributed by atoms with E-state index in [-0.39, 0.29) is 31.1 Å². The Kier molecular flexibility index (Phi) is 66.5. The van der Waals surface area contributed by atoms with E-state index in [4.69, 9.17) is 14.2 Å². The molecule has 0 saturated heterocycles. The fraction of sp³-hybridized carbons (Fsp3) is 0.958. The first-order valence-corrected chi connectivity index (χ1v) is 36.0. The van der Waals surface area contributed by atoms with Gasteiger partial charge < -0.3 is 14.2 Å². The van der Waals surface area contributed by atoms with Gasteiger partial charge in [0.25, 0.3) is 0 Å². The fourth-order valence-corrected chi connectivity index (χ4v) is 11.5. The molecular formula is C72H140O6. The molecule has 0 heterocycles. The minimum absolute atomic E-state index is 0.0602. The van der Waals surface area contributed by atoms with Crippen LogP contribution < -0.4 is 0 Å². The Bertz CT molecular complexity index is 1170. The smallest absolute Gasteiger partial charge is 0.306 e. The predicted octanol–water partition coefficient (Wildman–Crippen LogP) is 24.6. The first-order chi connectivity index (χ1) is 38.5. The van der Waals surface area contributed by atoms with Crippen LogP contribution in [0.3, 0.4) is 0 Å². The quantitative estimate of drug-likeness (QED) is 0.0343. The van der Waals surface area contributed by atoms with E-state index in [9.17, 15) is 14.4 Å². The van der Waals surface area contributed by atoms with Crippen molar-refractivity contribution in [3.05, 3.63) is 0 Å². The highest BCUT2D eigenvalue weighted by Crippen LogP contribution is 2.20. The van der Waals surface area contributed by atoms with Crippen molar-refractivity contribution in [2.24, 2.45) is 0 Å². The minimum Gasteiger partial charge on any atom is -0.462 e. The Morgan fingerprint density at radius 3 is 0.513 bits per heavy atom. The normalized spacial score (nSPS) is 11.9. The molecule has 0 aliphatic heterocycles. The van der Waals surface area contributed by atoms with Crippen molar-refractivity contribution in [3.8, 4) is 0 Å². The lowest BCUT2D eigenvalue weighted by atomic mass is 10.0. The molecular weight excluding hydrogens is 961 g/mol. The molecule has 0 fully saturated rings. The van der Waals surface area contributed by atoms with E-state index < -0.39 is 6.10 Å². The van der Waals surface area contributed by atoms with Gasteiger partial charge in [0.15, 0.2) is 6.10 Å². The molecule has 0 aromatic heterocycles. The van der Waals surface area contributed by atoms with Crippen molar-refractivity contribution in [2.45, 2.75) is 431 Å². The maximum absolute atomic E-state index is 12.9. The summed E-state index contributed by atoms with van der Waals surface area (Å²) in [6, 6.07) is 0. The Labute approximate surface area is 488 Å². The van der Waals surface area contributed by atoms with Gasteiger partial charge in [0.05, 0.1) is 0 Å². The lowest BCUT2D eigenvalue weighted by Crippen LogP contribution is -2.30. The lowest BCUT2D eigenvalue weighted by molar-refractivity contribution is -0.167. The Hall–Kier alpha value is -1.59. The van der Waals surface area contributed by atoms with Crippen molar-refractivity contribution in [3.63, 3.8) is 0 Å². The Morgan fingerprint density at radius 2 is 0.346 bits per heavy atom. The summed E-state index contributed by atoms with van der Waals surface area (Å²) < 4.78 is 17.0. The summed E-state index contributed by atoms with van der Waals surface area (Å²) in [5.74, 6) is -0.820. The van der Waals surface area contributed by atoms with E-state index in [1.807, 2.05) is 0 Å². The molecule has 0 rings (SSSR count). The predicted molar refractivity (Wildman–Crippen MR) is 340 cm³/mol. The highest BCUT2D eigenvalue weighted by Gasteiger charge is 2.20. The number of rotatable bonds is 68. The van der Waals surface area contributed by atoms with Crippen LogP contribution in [0.4, 0.5) is 0 Å². The second kappa shape index (κ2) is 67.9. The number of unbranched alkanes of at least 4 members (excludes halogenated alkanes) is 57. The van der Waals surface area contributed by atoms with Crippen LogP contribution >= 0.6 is 0 Å². The summed E-state index contributed by atoms with van der Waals surface area (Å²) in [6.45, 7) is 6.74. The van der Waals surface area contributed by atoms with Crippen molar-refractivity contribution >= 4 is 17.9 Å². The molecule has 0 aromatic rings. The van der Waals surface area contributed by atoms with Gasteiger partial charge in [-0.15, -0.1) is 0 Å². The van der Waals surface area contributed by atoms with Gasteiger partial charge in [-0.2, -0.15) is 0 Å². The summed E-state index contributed by atoms with van der Waals surface area (Å²) in [7, 11) is 0. The van der Waals surface area contributed by atoms with Crippen molar-refractivity contribution in [2.75, 3.05) is 13.2 Å². The van der Waals surface area contributed by atoms with E-state index in [0.29, 0.717) is 19.3 Å². The third-order valence-electron chi connectivity index (χ3n) is 16.9. The summed E-state index contributed by atoms with van der Waals surface area (Å²) in [5, 5.41) is 0. The topological polar surface area (TPSA) is 78.9 Å². The molecule has 0 aliphatic carbocycles. The molecule has 6 heteroatoms. The van der Waals surface area contributed by atoms with Gasteiger partial charge in [-0.3, -0.25) is 14.4 Å². The zero-order valence-corrected chi connectivity index (χ0v) is 53.5. The van der Waals surface area contributed by atoms with Crippen LogP contribution in [0.1, 0.15) is 425 Å². The fourth-order valence-electron chi connectivity index (χ4n) is 11.5. The van der Waals surface area contributed by atoms with Crippen LogP contribution in [0, 0.1) is 0 Å². The van der Waals surface area contributed by atoms with Crippen LogP contribution in [0.5, 0.6) is 0 Å². The van der Waals surface area contributed by atoms with Crippen molar-refractivity contribution in [1.29, 1.82) is 0 Å². The molecule has 0 radical (unpaired) electrons. The third-order valence-corrected chi connectivity index (χ3v) is 16.9. The van der Waals surface area contributed by atoms with Crippen LogP contribution in [0.15, 0.2) is 0 Å². The molecule has 0 bridgehead atoms. The number of hydrogen-bond acceptors (Lipinski definition) is 6. The van der Waals surface area contributed by atoms with Crippen LogP contribution in [-0.2, 0) is 28.6 Å². The van der Waals surface area contributed by atoms with Crippen LogP contribution in [0.2, 0.25) is 0 Å². The van der Waals surface area contributed by atoms with Crippen LogP contribution in [0.25, 0.3) is 0 Å². The molecule has 1 unspecified atom stereocenters. The molecule has 0 aliphatic rings. The molecule has 0 amide bonds.